The van der Waals surface area contributed by atoms with Gasteiger partial charge in [-0.3, -0.25) is 14.5 Å². The number of thioether (sulfide) groups is 1. The first-order valence-corrected chi connectivity index (χ1v) is 11.5. The van der Waals surface area contributed by atoms with Crippen LogP contribution >= 0.6 is 11.8 Å². The summed E-state index contributed by atoms with van der Waals surface area (Å²) in [5, 5.41) is 4.60. The van der Waals surface area contributed by atoms with Gasteiger partial charge in [0, 0.05) is 37.5 Å². The van der Waals surface area contributed by atoms with Crippen LogP contribution in [0.4, 0.5) is 18.9 Å². The topological polar surface area (TPSA) is 70.7 Å². The molecule has 1 unspecified atom stereocenters. The van der Waals surface area contributed by atoms with Gasteiger partial charge in [0.1, 0.15) is 0 Å². The molecule has 0 aromatic heterocycles. The summed E-state index contributed by atoms with van der Waals surface area (Å²) in [6.07, 6.45) is -4.55. The molecule has 176 valence electrons. The van der Waals surface area contributed by atoms with E-state index < -0.39 is 22.9 Å². The quantitative estimate of drug-likeness (QED) is 0.662. The number of nitrogens with one attached hydrogen (secondary N) is 2. The summed E-state index contributed by atoms with van der Waals surface area (Å²) in [6, 6.07) is 11.2. The Labute approximate surface area is 193 Å². The highest BCUT2D eigenvalue weighted by molar-refractivity contribution is 8.01. The Morgan fingerprint density at radius 2 is 1.82 bits per heavy atom. The van der Waals surface area contributed by atoms with Crippen molar-refractivity contribution in [3.8, 4) is 0 Å². The highest BCUT2D eigenvalue weighted by atomic mass is 32.2. The van der Waals surface area contributed by atoms with Crippen molar-refractivity contribution < 1.29 is 27.5 Å². The number of carbonyl (C=O) groups excluding carboxylic acids is 2. The minimum absolute atomic E-state index is 0.0634. The Kier molecular flexibility index (Phi) is 7.26. The first kappa shape index (κ1) is 23.6. The first-order valence-electron chi connectivity index (χ1n) is 10.6. The molecule has 33 heavy (non-hydrogen) atoms. The standard InChI is InChI=1S/C23H24F3N3O3S/c24-23(25,26)17-5-6-19-18(11-17)28-22(31)20(33-19)12-21(30)27-13-15-1-3-16(4-2-15)14-29-7-9-32-10-8-29/h1-6,11,20H,7-10,12-14H2,(H,27,30)(H,28,31). The molecule has 0 saturated carbocycles. The molecule has 2 heterocycles. The lowest BCUT2D eigenvalue weighted by Gasteiger charge is -2.26. The summed E-state index contributed by atoms with van der Waals surface area (Å²) in [4.78, 5) is 27.5. The third-order valence-corrected chi connectivity index (χ3v) is 6.79. The molecule has 4 rings (SSSR count). The van der Waals surface area contributed by atoms with Gasteiger partial charge < -0.3 is 15.4 Å². The molecule has 1 atom stereocenters. The van der Waals surface area contributed by atoms with Crippen molar-refractivity contribution >= 4 is 29.3 Å². The Balaban J connectivity index is 1.27. The number of nitrogens with zero attached hydrogens (tertiary/aromatic N) is 1. The van der Waals surface area contributed by atoms with Gasteiger partial charge in [0.15, 0.2) is 0 Å². The van der Waals surface area contributed by atoms with Crippen molar-refractivity contribution in [1.82, 2.24) is 10.2 Å². The van der Waals surface area contributed by atoms with Crippen LogP contribution < -0.4 is 10.6 Å². The van der Waals surface area contributed by atoms with E-state index in [1.54, 1.807) is 0 Å². The summed E-state index contributed by atoms with van der Waals surface area (Å²) < 4.78 is 44.0. The van der Waals surface area contributed by atoms with Gasteiger partial charge in [-0.05, 0) is 29.3 Å². The van der Waals surface area contributed by atoms with E-state index >= 15 is 0 Å². The third kappa shape index (κ3) is 6.27. The number of anilines is 1. The number of hydrogen-bond acceptors (Lipinski definition) is 5. The Morgan fingerprint density at radius 3 is 2.52 bits per heavy atom. The van der Waals surface area contributed by atoms with Gasteiger partial charge in [0.2, 0.25) is 11.8 Å². The first-order chi connectivity index (χ1) is 15.8. The molecule has 0 bridgehead atoms. The number of halogens is 3. The minimum atomic E-state index is -4.48. The highest BCUT2D eigenvalue weighted by Gasteiger charge is 2.34. The maximum absolute atomic E-state index is 12.9. The van der Waals surface area contributed by atoms with Crippen molar-refractivity contribution in [2.24, 2.45) is 0 Å². The predicted molar refractivity (Wildman–Crippen MR) is 119 cm³/mol. The smallest absolute Gasteiger partial charge is 0.379 e. The Morgan fingerprint density at radius 1 is 1.12 bits per heavy atom. The fraction of sp³-hybridized carbons (Fsp3) is 0.391. The third-order valence-electron chi connectivity index (χ3n) is 5.52. The number of amides is 2. The molecule has 2 amide bonds. The van der Waals surface area contributed by atoms with E-state index in [9.17, 15) is 22.8 Å². The average molecular weight is 480 g/mol. The van der Waals surface area contributed by atoms with Crippen LogP contribution in [0.25, 0.3) is 0 Å². The van der Waals surface area contributed by atoms with Crippen molar-refractivity contribution in [2.75, 3.05) is 31.6 Å². The molecular formula is C23H24F3N3O3S. The van der Waals surface area contributed by atoms with Crippen LogP contribution in [0.3, 0.4) is 0 Å². The number of carbonyl (C=O) groups is 2. The van der Waals surface area contributed by atoms with Crippen LogP contribution in [0.1, 0.15) is 23.1 Å². The fourth-order valence-corrected chi connectivity index (χ4v) is 4.77. The second kappa shape index (κ2) is 10.1. The number of fused-ring (bicyclic) bond motifs is 1. The average Bonchev–Trinajstić information content (AvgIpc) is 2.79. The van der Waals surface area contributed by atoms with Crippen LogP contribution in [0.5, 0.6) is 0 Å². The second-order valence-electron chi connectivity index (χ2n) is 7.99. The van der Waals surface area contributed by atoms with E-state index in [4.69, 9.17) is 4.74 Å². The molecular weight excluding hydrogens is 455 g/mol. The number of ether oxygens (including phenoxy) is 1. The lowest BCUT2D eigenvalue weighted by atomic mass is 10.1. The molecule has 1 fully saturated rings. The van der Waals surface area contributed by atoms with E-state index in [1.807, 2.05) is 24.3 Å². The van der Waals surface area contributed by atoms with E-state index in [2.05, 4.69) is 15.5 Å². The van der Waals surface area contributed by atoms with Crippen LogP contribution in [-0.4, -0.2) is 48.3 Å². The van der Waals surface area contributed by atoms with Crippen molar-refractivity contribution in [3.05, 3.63) is 59.2 Å². The number of hydrogen-bond donors (Lipinski definition) is 2. The zero-order valence-corrected chi connectivity index (χ0v) is 18.6. The summed E-state index contributed by atoms with van der Waals surface area (Å²) in [5.41, 5.74) is 1.43. The van der Waals surface area contributed by atoms with Crippen molar-refractivity contribution in [2.45, 2.75) is 35.8 Å². The molecule has 2 aromatic carbocycles. The summed E-state index contributed by atoms with van der Waals surface area (Å²) >= 11 is 1.10. The number of morpholine rings is 1. The van der Waals surface area contributed by atoms with Gasteiger partial charge in [-0.1, -0.05) is 24.3 Å². The van der Waals surface area contributed by atoms with Crippen LogP contribution in [0.15, 0.2) is 47.4 Å². The van der Waals surface area contributed by atoms with Crippen LogP contribution in [0.2, 0.25) is 0 Å². The summed E-state index contributed by atoms with van der Waals surface area (Å²) in [7, 11) is 0. The van der Waals surface area contributed by atoms with E-state index in [1.165, 1.54) is 11.6 Å². The molecule has 0 radical (unpaired) electrons. The zero-order valence-electron chi connectivity index (χ0n) is 17.8. The normalized spacial score (nSPS) is 19.0. The molecule has 1 saturated heterocycles. The molecule has 0 aliphatic carbocycles. The number of alkyl halides is 3. The zero-order chi connectivity index (χ0) is 23.4. The fourth-order valence-electron chi connectivity index (χ4n) is 3.68. The van der Waals surface area contributed by atoms with E-state index in [0.717, 1.165) is 62.3 Å². The van der Waals surface area contributed by atoms with E-state index in [-0.39, 0.29) is 18.0 Å². The monoisotopic (exact) mass is 479 g/mol. The highest BCUT2D eigenvalue weighted by Crippen LogP contribution is 2.40. The Bertz CT molecular complexity index is 1010. The molecule has 0 spiro atoms. The second-order valence-corrected chi connectivity index (χ2v) is 9.23. The molecule has 2 N–H and O–H groups in total. The SMILES string of the molecule is O=C(CC1Sc2ccc(C(F)(F)F)cc2NC1=O)NCc1ccc(CN2CCOCC2)cc1. The molecule has 2 aromatic rings. The van der Waals surface area contributed by atoms with E-state index in [0.29, 0.717) is 11.4 Å². The lowest BCUT2D eigenvalue weighted by Crippen LogP contribution is -2.35. The van der Waals surface area contributed by atoms with Gasteiger partial charge in [0.05, 0.1) is 29.7 Å². The van der Waals surface area contributed by atoms with Gasteiger partial charge in [-0.15, -0.1) is 11.8 Å². The van der Waals surface area contributed by atoms with Crippen LogP contribution in [0, 0.1) is 0 Å². The van der Waals surface area contributed by atoms with Crippen molar-refractivity contribution in [1.29, 1.82) is 0 Å². The Hall–Kier alpha value is -2.56. The van der Waals surface area contributed by atoms with Gasteiger partial charge >= 0.3 is 6.18 Å². The van der Waals surface area contributed by atoms with Gasteiger partial charge in [-0.2, -0.15) is 13.2 Å². The van der Waals surface area contributed by atoms with Crippen molar-refractivity contribution in [3.63, 3.8) is 0 Å². The number of benzene rings is 2. The maximum atomic E-state index is 12.9. The minimum Gasteiger partial charge on any atom is -0.379 e. The van der Waals surface area contributed by atoms with Gasteiger partial charge in [-0.25, -0.2) is 0 Å². The maximum Gasteiger partial charge on any atom is 0.416 e. The molecule has 6 nitrogen and oxygen atoms in total. The van der Waals surface area contributed by atoms with Gasteiger partial charge in [0.25, 0.3) is 0 Å². The van der Waals surface area contributed by atoms with Crippen LogP contribution in [-0.2, 0) is 33.6 Å². The summed E-state index contributed by atoms with van der Waals surface area (Å²) in [5.74, 6) is -0.773. The molecule has 2 aliphatic rings. The number of rotatable bonds is 6. The molecule has 2 aliphatic heterocycles. The summed E-state index contributed by atoms with van der Waals surface area (Å²) in [6.45, 7) is 4.53. The largest absolute Gasteiger partial charge is 0.416 e. The predicted octanol–water partition coefficient (Wildman–Crippen LogP) is 3.66. The molecule has 10 heteroatoms. The lowest BCUT2D eigenvalue weighted by molar-refractivity contribution is -0.137.